The Morgan fingerprint density at radius 2 is 1.49 bits per heavy atom. The number of nitrogens with one attached hydrogen (secondary N) is 1. The van der Waals surface area contributed by atoms with Crippen molar-refractivity contribution >= 4 is 11.6 Å². The molecule has 45 heavy (non-hydrogen) atoms. The Bertz CT molecular complexity index is 1480. The van der Waals surface area contributed by atoms with Gasteiger partial charge in [-0.05, 0) is 36.1 Å². The number of ether oxygens (including phenoxy) is 2. The monoisotopic (exact) mass is 630 g/mol. The third-order valence-electron chi connectivity index (χ3n) is 8.62. The van der Waals surface area contributed by atoms with Gasteiger partial charge in [0.05, 0.1) is 18.8 Å². The van der Waals surface area contributed by atoms with Crippen LogP contribution in [0.1, 0.15) is 72.0 Å². The maximum absolute atomic E-state index is 14.2. The summed E-state index contributed by atoms with van der Waals surface area (Å²) in [6.07, 6.45) is 5.06. The SMILES string of the molecule is C=CCN(CC1OC(c2ccc(NC(=O)c3c(F)c(F)c(F)c(F)c3F)cc2)OC(c2ccc(CO)cc2)C1C)C1CCCC1. The molecule has 6 nitrogen and oxygen atoms in total. The normalized spacial score (nSPS) is 22.1. The van der Waals surface area contributed by atoms with Crippen molar-refractivity contribution in [1.82, 2.24) is 4.90 Å². The highest BCUT2D eigenvalue weighted by Gasteiger charge is 2.40. The van der Waals surface area contributed by atoms with Crippen LogP contribution in [-0.4, -0.2) is 41.1 Å². The average molecular weight is 631 g/mol. The summed E-state index contributed by atoms with van der Waals surface area (Å²) < 4.78 is 82.0. The third-order valence-corrected chi connectivity index (χ3v) is 8.62. The van der Waals surface area contributed by atoms with Crippen molar-refractivity contribution in [3.8, 4) is 0 Å². The number of benzene rings is 3. The molecule has 5 rings (SSSR count). The predicted molar refractivity (Wildman–Crippen MR) is 158 cm³/mol. The van der Waals surface area contributed by atoms with Crippen LogP contribution < -0.4 is 5.32 Å². The summed E-state index contributed by atoms with van der Waals surface area (Å²) in [5, 5.41) is 11.7. The Morgan fingerprint density at radius 1 is 0.911 bits per heavy atom. The Hall–Kier alpha value is -3.64. The van der Waals surface area contributed by atoms with Gasteiger partial charge < -0.3 is 19.9 Å². The van der Waals surface area contributed by atoms with Crippen molar-refractivity contribution < 1.29 is 41.3 Å². The molecule has 0 radical (unpaired) electrons. The van der Waals surface area contributed by atoms with Crippen molar-refractivity contribution in [3.63, 3.8) is 0 Å². The number of anilines is 1. The lowest BCUT2D eigenvalue weighted by Gasteiger charge is -2.43. The van der Waals surface area contributed by atoms with Gasteiger partial charge in [-0.2, -0.15) is 0 Å². The van der Waals surface area contributed by atoms with Gasteiger partial charge in [0, 0.05) is 36.3 Å². The first-order valence-electron chi connectivity index (χ1n) is 14.9. The summed E-state index contributed by atoms with van der Waals surface area (Å²) >= 11 is 0. The number of halogens is 5. The molecule has 0 aromatic heterocycles. The number of carbonyl (C=O) groups excluding carboxylic acids is 1. The van der Waals surface area contributed by atoms with Crippen molar-refractivity contribution in [1.29, 1.82) is 0 Å². The molecule has 0 spiro atoms. The minimum Gasteiger partial charge on any atom is -0.392 e. The zero-order valence-corrected chi connectivity index (χ0v) is 24.7. The fourth-order valence-corrected chi connectivity index (χ4v) is 6.09. The van der Waals surface area contributed by atoms with Crippen LogP contribution >= 0.6 is 0 Å². The molecule has 3 aromatic rings. The van der Waals surface area contributed by atoms with Gasteiger partial charge in [0.25, 0.3) is 5.91 Å². The number of aliphatic hydroxyl groups excluding tert-OH is 1. The maximum Gasteiger partial charge on any atom is 0.261 e. The van der Waals surface area contributed by atoms with E-state index in [0.717, 1.165) is 30.5 Å². The smallest absolute Gasteiger partial charge is 0.261 e. The van der Waals surface area contributed by atoms with E-state index in [4.69, 9.17) is 9.47 Å². The summed E-state index contributed by atoms with van der Waals surface area (Å²) in [6.45, 7) is 7.30. The number of rotatable bonds is 10. The fraction of sp³-hybridized carbons (Fsp3) is 0.382. The van der Waals surface area contributed by atoms with Gasteiger partial charge in [-0.1, -0.05) is 62.2 Å². The lowest BCUT2D eigenvalue weighted by molar-refractivity contribution is -0.276. The maximum atomic E-state index is 14.2. The molecule has 4 atom stereocenters. The lowest BCUT2D eigenvalue weighted by Crippen LogP contribution is -2.47. The topological polar surface area (TPSA) is 71.0 Å². The van der Waals surface area contributed by atoms with Crippen LogP contribution in [-0.2, 0) is 16.1 Å². The summed E-state index contributed by atoms with van der Waals surface area (Å²) in [7, 11) is 0. The van der Waals surface area contributed by atoms with Gasteiger partial charge in [0.1, 0.15) is 5.56 Å². The molecule has 1 aliphatic heterocycles. The highest BCUT2D eigenvalue weighted by atomic mass is 19.2. The Labute approximate surface area is 258 Å². The van der Waals surface area contributed by atoms with Gasteiger partial charge in [-0.25, -0.2) is 22.0 Å². The van der Waals surface area contributed by atoms with Crippen LogP contribution in [0.25, 0.3) is 0 Å². The first-order chi connectivity index (χ1) is 21.6. The molecule has 2 aliphatic rings. The van der Waals surface area contributed by atoms with E-state index in [-0.39, 0.29) is 30.4 Å². The predicted octanol–water partition coefficient (Wildman–Crippen LogP) is 7.35. The largest absolute Gasteiger partial charge is 0.392 e. The second kappa shape index (κ2) is 14.2. The van der Waals surface area contributed by atoms with Gasteiger partial charge in [-0.3, -0.25) is 9.69 Å². The third kappa shape index (κ3) is 6.96. The molecule has 11 heteroatoms. The standard InChI is InChI=1S/C34H35F5N2O4/c1-3-16-41(24-6-4-5-7-24)17-25-19(2)32(21-10-8-20(18-42)9-11-21)45-34(44-25)22-12-14-23(15-13-22)40-33(43)26-27(35)29(37)31(39)30(38)28(26)36/h3,8-15,19,24-25,32,34,42H,1,4-7,16-18H2,2H3,(H,40,43). The molecule has 1 saturated carbocycles. The second-order valence-corrected chi connectivity index (χ2v) is 11.5. The molecule has 1 heterocycles. The van der Waals surface area contributed by atoms with E-state index in [1.165, 1.54) is 25.0 Å². The Kier molecular flexibility index (Phi) is 10.3. The molecule has 2 fully saturated rings. The van der Waals surface area contributed by atoms with E-state index in [1.807, 2.05) is 30.3 Å². The molecular formula is C34H35F5N2O4. The Balaban J connectivity index is 1.38. The van der Waals surface area contributed by atoms with Crippen LogP contribution in [0.5, 0.6) is 0 Å². The minimum atomic E-state index is -2.34. The zero-order chi connectivity index (χ0) is 32.2. The van der Waals surface area contributed by atoms with Gasteiger partial charge in [-0.15, -0.1) is 6.58 Å². The number of hydrogen-bond acceptors (Lipinski definition) is 5. The highest BCUT2D eigenvalue weighted by Crippen LogP contribution is 2.42. The average Bonchev–Trinajstić information content (AvgIpc) is 3.59. The van der Waals surface area contributed by atoms with Crippen LogP contribution in [0.2, 0.25) is 0 Å². The molecule has 3 aromatic carbocycles. The minimum absolute atomic E-state index is 0.0465. The fourth-order valence-electron chi connectivity index (χ4n) is 6.09. The summed E-state index contributed by atoms with van der Waals surface area (Å²) in [5.41, 5.74) is 0.763. The number of amides is 1. The zero-order valence-electron chi connectivity index (χ0n) is 24.7. The number of aliphatic hydroxyl groups is 1. The van der Waals surface area contributed by atoms with E-state index in [0.29, 0.717) is 18.2 Å². The van der Waals surface area contributed by atoms with Crippen molar-refractivity contribution in [2.24, 2.45) is 5.92 Å². The highest BCUT2D eigenvalue weighted by molar-refractivity contribution is 6.04. The van der Waals surface area contributed by atoms with Crippen molar-refractivity contribution in [2.75, 3.05) is 18.4 Å². The van der Waals surface area contributed by atoms with E-state index in [1.54, 1.807) is 12.1 Å². The van der Waals surface area contributed by atoms with Crippen molar-refractivity contribution in [3.05, 3.63) is 113 Å². The molecule has 1 saturated heterocycles. The molecule has 4 unspecified atom stereocenters. The van der Waals surface area contributed by atoms with Gasteiger partial charge >= 0.3 is 0 Å². The second-order valence-electron chi connectivity index (χ2n) is 11.5. The molecule has 240 valence electrons. The molecule has 1 aliphatic carbocycles. The number of hydrogen-bond donors (Lipinski definition) is 2. The summed E-state index contributed by atoms with van der Waals surface area (Å²) in [6, 6.07) is 14.0. The lowest BCUT2D eigenvalue weighted by atomic mass is 9.89. The molecule has 0 bridgehead atoms. The van der Waals surface area contributed by atoms with Crippen LogP contribution in [0.4, 0.5) is 27.6 Å². The first kappa shape index (κ1) is 32.7. The van der Waals surface area contributed by atoms with Crippen molar-refractivity contribution in [2.45, 2.75) is 63.8 Å². The van der Waals surface area contributed by atoms with Crippen LogP contribution in [0, 0.1) is 35.0 Å². The van der Waals surface area contributed by atoms with E-state index < -0.39 is 46.8 Å². The molecular weight excluding hydrogens is 595 g/mol. The van der Waals surface area contributed by atoms with E-state index in [2.05, 4.69) is 23.7 Å². The summed E-state index contributed by atoms with van der Waals surface area (Å²) in [4.78, 5) is 14.9. The van der Waals surface area contributed by atoms with E-state index >= 15 is 0 Å². The van der Waals surface area contributed by atoms with Gasteiger partial charge in [0.2, 0.25) is 5.82 Å². The van der Waals surface area contributed by atoms with Crippen LogP contribution in [0.15, 0.2) is 61.2 Å². The number of carbonyl (C=O) groups is 1. The van der Waals surface area contributed by atoms with E-state index in [9.17, 15) is 31.9 Å². The first-order valence-corrected chi connectivity index (χ1v) is 14.9. The number of nitrogens with zero attached hydrogens (tertiary/aromatic N) is 1. The molecule has 1 amide bonds. The summed E-state index contributed by atoms with van der Waals surface area (Å²) in [5.74, 6) is -12.7. The molecule has 2 N–H and O–H groups in total. The van der Waals surface area contributed by atoms with Crippen LogP contribution in [0.3, 0.4) is 0 Å². The Morgan fingerprint density at radius 3 is 2.07 bits per heavy atom. The quantitative estimate of drug-likeness (QED) is 0.106. The van der Waals surface area contributed by atoms with Gasteiger partial charge in [0.15, 0.2) is 29.6 Å².